The van der Waals surface area contributed by atoms with Crippen molar-refractivity contribution in [2.75, 3.05) is 7.11 Å². The number of methoxy groups -OCH3 is 1. The topological polar surface area (TPSA) is 62.4 Å². The molecule has 4 nitrogen and oxygen atoms in total. The molecule has 0 radical (unpaired) electrons. The number of ether oxygens (including phenoxy) is 1. The molecule has 0 spiro atoms. The van der Waals surface area contributed by atoms with Crippen LogP contribution >= 0.6 is 11.6 Å². The van der Waals surface area contributed by atoms with E-state index in [4.69, 9.17) is 16.3 Å². The number of hydrogen-bond donors (Lipinski definition) is 0. The third-order valence-corrected chi connectivity index (χ3v) is 5.08. The highest BCUT2D eigenvalue weighted by atomic mass is 35.5. The Balaban J connectivity index is 2.80. The summed E-state index contributed by atoms with van der Waals surface area (Å²) >= 11 is 5.99. The van der Waals surface area contributed by atoms with E-state index < -0.39 is 21.5 Å². The Morgan fingerprint density at radius 1 is 1.31 bits per heavy atom. The van der Waals surface area contributed by atoms with Gasteiger partial charge in [-0.3, -0.25) is 0 Å². The van der Waals surface area contributed by atoms with Gasteiger partial charge in [0.05, 0.1) is 23.1 Å². The Bertz CT molecular complexity index is 930. The lowest BCUT2D eigenvalue weighted by molar-refractivity contribution is 0.414. The number of benzene rings is 2. The zero-order valence-corrected chi connectivity index (χ0v) is 16.4. The van der Waals surface area contributed by atoms with Gasteiger partial charge in [-0.1, -0.05) is 23.7 Å². The summed E-state index contributed by atoms with van der Waals surface area (Å²) in [5, 5.41) is 9.51. The molecule has 26 heavy (non-hydrogen) atoms. The van der Waals surface area contributed by atoms with Gasteiger partial charge in [0, 0.05) is 16.1 Å². The Morgan fingerprint density at radius 2 is 2.00 bits per heavy atom. The van der Waals surface area contributed by atoms with Gasteiger partial charge in [-0.2, -0.15) is 9.66 Å². The first-order valence-electron chi connectivity index (χ1n) is 7.72. The number of halogens is 2. The quantitative estimate of drug-likeness (QED) is 0.711. The van der Waals surface area contributed by atoms with Gasteiger partial charge in [-0.25, -0.2) is 8.60 Å². The summed E-state index contributed by atoms with van der Waals surface area (Å²) in [6.07, 6.45) is 0. The van der Waals surface area contributed by atoms with Crippen LogP contribution in [-0.2, 0) is 11.0 Å². The monoisotopic (exact) mass is 392 g/mol. The second kappa shape index (κ2) is 7.98. The molecule has 0 aliphatic heterocycles. The Labute approximate surface area is 159 Å². The average molecular weight is 393 g/mol. The second-order valence-electron chi connectivity index (χ2n) is 6.46. The van der Waals surface area contributed by atoms with Gasteiger partial charge in [0.25, 0.3) is 0 Å². The van der Waals surface area contributed by atoms with E-state index in [1.807, 2.05) is 6.07 Å². The highest BCUT2D eigenvalue weighted by Crippen LogP contribution is 2.26. The molecule has 0 saturated carbocycles. The third kappa shape index (κ3) is 4.48. The molecule has 136 valence electrons. The molecule has 0 bridgehead atoms. The van der Waals surface area contributed by atoms with E-state index in [-0.39, 0.29) is 21.9 Å². The summed E-state index contributed by atoms with van der Waals surface area (Å²) in [6, 6.07) is 11.2. The van der Waals surface area contributed by atoms with Crippen LogP contribution in [0.2, 0.25) is 5.02 Å². The second-order valence-corrected chi connectivity index (χ2v) is 8.80. The number of nitriles is 1. The van der Waals surface area contributed by atoms with Crippen molar-refractivity contribution in [1.82, 2.24) is 0 Å². The molecule has 0 aliphatic rings. The van der Waals surface area contributed by atoms with Crippen LogP contribution < -0.4 is 4.74 Å². The molecule has 1 unspecified atom stereocenters. The lowest BCUT2D eigenvalue weighted by Crippen LogP contribution is -2.22. The van der Waals surface area contributed by atoms with Crippen LogP contribution in [0.3, 0.4) is 0 Å². The molecule has 0 N–H and O–H groups in total. The Hall–Kier alpha value is -2.23. The summed E-state index contributed by atoms with van der Waals surface area (Å²) < 4.78 is 35.8. The van der Waals surface area contributed by atoms with Gasteiger partial charge in [-0.15, -0.1) is 0 Å². The molecule has 0 fully saturated rings. The Kier molecular flexibility index (Phi) is 6.17. The summed E-state index contributed by atoms with van der Waals surface area (Å²) in [6.45, 7) is 5.33. The van der Waals surface area contributed by atoms with Crippen LogP contribution in [0.5, 0.6) is 5.75 Å². The van der Waals surface area contributed by atoms with Gasteiger partial charge in [0.2, 0.25) is 0 Å². The minimum Gasteiger partial charge on any atom is -0.497 e. The van der Waals surface area contributed by atoms with Gasteiger partial charge >= 0.3 is 0 Å². The van der Waals surface area contributed by atoms with E-state index in [0.717, 1.165) is 6.07 Å². The van der Waals surface area contributed by atoms with Gasteiger partial charge in [0.15, 0.2) is 0 Å². The number of nitrogens with zero attached hydrogens (tertiary/aromatic N) is 2. The fourth-order valence-corrected chi connectivity index (χ4v) is 2.97. The maximum atomic E-state index is 14.2. The molecule has 2 aromatic carbocycles. The number of hydrogen-bond acceptors (Lipinski definition) is 3. The molecular weight excluding hydrogens is 375 g/mol. The molecule has 0 aromatic heterocycles. The van der Waals surface area contributed by atoms with Gasteiger partial charge < -0.3 is 4.74 Å². The zero-order valence-electron chi connectivity index (χ0n) is 14.8. The molecule has 1 atom stereocenters. The fourth-order valence-electron chi connectivity index (χ4n) is 2.12. The molecule has 7 heteroatoms. The molecule has 0 amide bonds. The van der Waals surface area contributed by atoms with Crippen LogP contribution in [0.4, 0.5) is 4.39 Å². The maximum absolute atomic E-state index is 14.2. The van der Waals surface area contributed by atoms with Crippen molar-refractivity contribution in [3.05, 3.63) is 63.9 Å². The van der Waals surface area contributed by atoms with E-state index in [1.165, 1.54) is 13.2 Å². The van der Waals surface area contributed by atoms with E-state index in [9.17, 15) is 13.9 Å². The molecule has 2 rings (SSSR count). The van der Waals surface area contributed by atoms with E-state index in [0.29, 0.717) is 11.3 Å². The minimum absolute atomic E-state index is 0.119. The lowest BCUT2D eigenvalue weighted by Gasteiger charge is -2.16. The van der Waals surface area contributed by atoms with Crippen molar-refractivity contribution >= 4 is 28.3 Å². The van der Waals surface area contributed by atoms with Crippen LogP contribution in [0.25, 0.3) is 0 Å². The molecule has 0 heterocycles. The van der Waals surface area contributed by atoms with Crippen LogP contribution in [0.1, 0.15) is 37.5 Å². The molecular formula is C19H18ClFN2O2S. The average Bonchev–Trinajstić information content (AvgIpc) is 2.58. The molecule has 0 saturated heterocycles. The zero-order chi connectivity index (χ0) is 19.5. The van der Waals surface area contributed by atoms with Crippen LogP contribution in [0, 0.1) is 17.1 Å². The van der Waals surface area contributed by atoms with E-state index in [1.54, 1.807) is 45.0 Å². The first-order valence-corrected chi connectivity index (χ1v) is 9.20. The van der Waals surface area contributed by atoms with Crippen molar-refractivity contribution in [1.29, 1.82) is 5.26 Å². The summed E-state index contributed by atoms with van der Waals surface area (Å²) in [5.74, 6) is -0.204. The summed E-state index contributed by atoms with van der Waals surface area (Å²) in [4.78, 5) is 0. The predicted molar refractivity (Wildman–Crippen MR) is 103 cm³/mol. The molecule has 2 aromatic rings. The highest BCUT2D eigenvalue weighted by Gasteiger charge is 2.23. The first-order chi connectivity index (χ1) is 12.2. The third-order valence-electron chi connectivity index (χ3n) is 3.46. The van der Waals surface area contributed by atoms with Crippen LogP contribution in [-0.4, -0.2) is 21.8 Å². The van der Waals surface area contributed by atoms with Crippen molar-refractivity contribution in [2.24, 2.45) is 4.40 Å². The first kappa shape index (κ1) is 20.1. The largest absolute Gasteiger partial charge is 0.497 e. The van der Waals surface area contributed by atoms with Gasteiger partial charge in [0.1, 0.15) is 28.6 Å². The van der Waals surface area contributed by atoms with Crippen LogP contribution in [0.15, 0.2) is 40.8 Å². The summed E-state index contributed by atoms with van der Waals surface area (Å²) in [7, 11) is -0.111. The van der Waals surface area contributed by atoms with Crippen molar-refractivity contribution in [3.63, 3.8) is 0 Å². The Morgan fingerprint density at radius 3 is 2.58 bits per heavy atom. The van der Waals surface area contributed by atoms with Crippen molar-refractivity contribution in [3.8, 4) is 11.8 Å². The number of rotatable bonds is 4. The standard InChI is InChI=1S/C19H18ClFN2O2S/c1-19(2,3)26(24)23-18(12-6-5-7-14(8-12)25-4)15-9-13(20)10-17(21)16(15)11-22/h5-10H,1-4H3/b23-18+. The van der Waals surface area contributed by atoms with E-state index in [2.05, 4.69) is 4.40 Å². The smallest absolute Gasteiger partial charge is 0.145 e. The van der Waals surface area contributed by atoms with E-state index >= 15 is 0 Å². The highest BCUT2D eigenvalue weighted by molar-refractivity contribution is 7.85. The maximum Gasteiger partial charge on any atom is 0.145 e. The van der Waals surface area contributed by atoms with Crippen molar-refractivity contribution < 1.29 is 13.3 Å². The normalized spacial score (nSPS) is 13.2. The predicted octanol–water partition coefficient (Wildman–Crippen LogP) is 4.66. The van der Waals surface area contributed by atoms with Gasteiger partial charge in [-0.05, 0) is 45.0 Å². The van der Waals surface area contributed by atoms with Crippen molar-refractivity contribution in [2.45, 2.75) is 25.5 Å². The SMILES string of the molecule is COc1cccc(/C(=N\S(=O)C(C)(C)C)c2cc(Cl)cc(F)c2C#N)c1. The fraction of sp³-hybridized carbons (Fsp3) is 0.263. The molecule has 0 aliphatic carbocycles. The lowest BCUT2D eigenvalue weighted by atomic mass is 9.97. The minimum atomic E-state index is -1.63. The summed E-state index contributed by atoms with van der Waals surface area (Å²) in [5.41, 5.74) is 0.737.